The lowest BCUT2D eigenvalue weighted by molar-refractivity contribution is -0.132. The third-order valence-electron chi connectivity index (χ3n) is 6.33. The van der Waals surface area contributed by atoms with Crippen LogP contribution in [0, 0.1) is 20.8 Å². The van der Waals surface area contributed by atoms with E-state index in [-0.39, 0.29) is 11.3 Å². The number of carbonyl (C=O) groups is 2. The minimum atomic E-state index is -0.679. The Labute approximate surface area is 190 Å². The van der Waals surface area contributed by atoms with E-state index in [0.29, 0.717) is 17.9 Å². The van der Waals surface area contributed by atoms with Crippen molar-refractivity contribution in [1.29, 1.82) is 0 Å². The molecule has 1 saturated heterocycles. The molecule has 2 aromatic carbocycles. The van der Waals surface area contributed by atoms with Crippen LogP contribution in [0.15, 0.2) is 53.4 Å². The van der Waals surface area contributed by atoms with Gasteiger partial charge in [0.25, 0.3) is 11.7 Å². The molecule has 5 rings (SSSR count). The van der Waals surface area contributed by atoms with Crippen LogP contribution in [0.3, 0.4) is 0 Å². The van der Waals surface area contributed by atoms with Gasteiger partial charge in [-0.25, -0.2) is 0 Å². The first-order valence-corrected chi connectivity index (χ1v) is 11.4. The number of Topliss-reactive ketones (excluding diaryl/α,β-unsaturated/α-hetero) is 1. The first-order chi connectivity index (χ1) is 15.4. The van der Waals surface area contributed by atoms with E-state index < -0.39 is 17.7 Å². The Bertz CT molecular complexity index is 1300. The van der Waals surface area contributed by atoms with Crippen LogP contribution in [0.5, 0.6) is 5.75 Å². The number of aliphatic hydroxyl groups is 1. The fourth-order valence-electron chi connectivity index (χ4n) is 4.38. The van der Waals surface area contributed by atoms with Crippen molar-refractivity contribution in [3.8, 4) is 5.75 Å². The van der Waals surface area contributed by atoms with Gasteiger partial charge >= 0.3 is 0 Å². The van der Waals surface area contributed by atoms with Crippen molar-refractivity contribution in [3.05, 3.63) is 86.1 Å². The standard InChI is InChI=1S/C26H23NO4S/c1-14-4-6-19(12-16(14)3)27-22(25-15(2)9-11-32-25)21(24(29)26(27)30)23(28)18-5-7-20-17(13-18)8-10-31-20/h4-7,9,11-13,22,28H,8,10H2,1-3H3/b23-21-. The highest BCUT2D eigenvalue weighted by molar-refractivity contribution is 7.10. The Kier molecular flexibility index (Phi) is 4.90. The summed E-state index contributed by atoms with van der Waals surface area (Å²) in [6.07, 6.45) is 0.751. The van der Waals surface area contributed by atoms with Crippen molar-refractivity contribution < 1.29 is 19.4 Å². The van der Waals surface area contributed by atoms with Crippen molar-refractivity contribution >= 4 is 34.5 Å². The van der Waals surface area contributed by atoms with Gasteiger partial charge in [-0.15, -0.1) is 11.3 Å². The normalized spacial score (nSPS) is 19.3. The van der Waals surface area contributed by atoms with Gasteiger partial charge in [-0.1, -0.05) is 6.07 Å². The maximum absolute atomic E-state index is 13.3. The molecule has 0 radical (unpaired) electrons. The van der Waals surface area contributed by atoms with Crippen LogP contribution in [0.25, 0.3) is 5.76 Å². The van der Waals surface area contributed by atoms with Gasteiger partial charge in [0.05, 0.1) is 12.2 Å². The number of amides is 1. The lowest BCUT2D eigenvalue weighted by Gasteiger charge is -2.25. The predicted octanol–water partition coefficient (Wildman–Crippen LogP) is 5.23. The van der Waals surface area contributed by atoms with Gasteiger partial charge in [-0.3, -0.25) is 14.5 Å². The molecule has 3 heterocycles. The molecule has 0 spiro atoms. The lowest BCUT2D eigenvalue weighted by atomic mass is 9.97. The van der Waals surface area contributed by atoms with Crippen LogP contribution < -0.4 is 9.64 Å². The maximum atomic E-state index is 13.3. The summed E-state index contributed by atoms with van der Waals surface area (Å²) in [5, 5.41) is 13.2. The average Bonchev–Trinajstić information content (AvgIpc) is 3.48. The Morgan fingerprint density at radius 2 is 1.84 bits per heavy atom. The number of hydrogen-bond acceptors (Lipinski definition) is 5. The Hall–Kier alpha value is -3.38. The van der Waals surface area contributed by atoms with E-state index in [1.807, 2.05) is 62.5 Å². The molecule has 1 fully saturated rings. The third kappa shape index (κ3) is 3.14. The number of anilines is 1. The highest BCUT2D eigenvalue weighted by atomic mass is 32.1. The van der Waals surface area contributed by atoms with E-state index in [1.165, 1.54) is 16.2 Å². The molecule has 162 valence electrons. The highest BCUT2D eigenvalue weighted by Gasteiger charge is 2.48. The molecule has 2 aliphatic heterocycles. The molecule has 5 nitrogen and oxygen atoms in total. The Balaban J connectivity index is 1.71. The molecule has 0 aliphatic carbocycles. The minimum absolute atomic E-state index is 0.123. The number of nitrogens with zero attached hydrogens (tertiary/aromatic N) is 1. The smallest absolute Gasteiger partial charge is 0.300 e. The fourth-order valence-corrected chi connectivity index (χ4v) is 5.40. The number of benzene rings is 2. The molecule has 1 amide bonds. The number of aliphatic hydroxyl groups excluding tert-OH is 1. The lowest BCUT2D eigenvalue weighted by Crippen LogP contribution is -2.29. The van der Waals surface area contributed by atoms with Crippen molar-refractivity contribution in [2.45, 2.75) is 33.2 Å². The highest BCUT2D eigenvalue weighted by Crippen LogP contribution is 2.45. The van der Waals surface area contributed by atoms with Gasteiger partial charge in [0.2, 0.25) is 0 Å². The van der Waals surface area contributed by atoms with Crippen LogP contribution >= 0.6 is 11.3 Å². The average molecular weight is 446 g/mol. The number of carbonyl (C=O) groups excluding carboxylic acids is 2. The largest absolute Gasteiger partial charge is 0.507 e. The Morgan fingerprint density at radius 3 is 2.56 bits per heavy atom. The molecule has 32 heavy (non-hydrogen) atoms. The molecule has 1 N–H and O–H groups in total. The van der Waals surface area contributed by atoms with E-state index in [4.69, 9.17) is 4.74 Å². The minimum Gasteiger partial charge on any atom is -0.507 e. The number of ketones is 1. The fraction of sp³-hybridized carbons (Fsp3) is 0.231. The molecule has 0 saturated carbocycles. The van der Waals surface area contributed by atoms with E-state index in [0.717, 1.165) is 39.3 Å². The first-order valence-electron chi connectivity index (χ1n) is 10.5. The topological polar surface area (TPSA) is 66.8 Å². The molecule has 6 heteroatoms. The molecule has 1 unspecified atom stereocenters. The number of ether oxygens (including phenoxy) is 1. The zero-order valence-corrected chi connectivity index (χ0v) is 19.0. The third-order valence-corrected chi connectivity index (χ3v) is 7.40. The second-order valence-electron chi connectivity index (χ2n) is 8.33. The van der Waals surface area contributed by atoms with Gasteiger partial charge in [-0.05, 0) is 84.8 Å². The van der Waals surface area contributed by atoms with Crippen LogP contribution in [0.2, 0.25) is 0 Å². The summed E-state index contributed by atoms with van der Waals surface area (Å²) in [4.78, 5) is 28.9. The number of hydrogen-bond donors (Lipinski definition) is 1. The van der Waals surface area contributed by atoms with Crippen LogP contribution in [0.4, 0.5) is 5.69 Å². The Morgan fingerprint density at radius 1 is 1.03 bits per heavy atom. The molecule has 3 aromatic rings. The summed E-state index contributed by atoms with van der Waals surface area (Å²) in [7, 11) is 0. The van der Waals surface area contributed by atoms with Gasteiger partial charge < -0.3 is 9.84 Å². The summed E-state index contributed by atoms with van der Waals surface area (Å²) in [5.41, 5.74) is 5.39. The summed E-state index contributed by atoms with van der Waals surface area (Å²) < 4.78 is 5.56. The molecular formula is C26H23NO4S. The van der Waals surface area contributed by atoms with Gasteiger partial charge in [0.1, 0.15) is 17.6 Å². The van der Waals surface area contributed by atoms with Gasteiger partial charge in [-0.2, -0.15) is 0 Å². The maximum Gasteiger partial charge on any atom is 0.300 e. The van der Waals surface area contributed by atoms with Crippen molar-refractivity contribution in [2.75, 3.05) is 11.5 Å². The molecule has 1 aromatic heterocycles. The monoisotopic (exact) mass is 445 g/mol. The van der Waals surface area contributed by atoms with Crippen molar-refractivity contribution in [3.63, 3.8) is 0 Å². The molecule has 1 atom stereocenters. The predicted molar refractivity (Wildman–Crippen MR) is 125 cm³/mol. The van der Waals surface area contributed by atoms with E-state index in [1.54, 1.807) is 6.07 Å². The number of fused-ring (bicyclic) bond motifs is 1. The summed E-state index contributed by atoms with van der Waals surface area (Å²) in [6, 6.07) is 12.4. The molecular weight excluding hydrogens is 422 g/mol. The second-order valence-corrected chi connectivity index (χ2v) is 9.27. The number of thiophene rings is 1. The van der Waals surface area contributed by atoms with Gasteiger partial charge in [0, 0.05) is 22.5 Å². The van der Waals surface area contributed by atoms with Gasteiger partial charge in [0.15, 0.2) is 0 Å². The second kappa shape index (κ2) is 7.64. The number of aryl methyl sites for hydroxylation is 3. The zero-order valence-electron chi connectivity index (χ0n) is 18.1. The van der Waals surface area contributed by atoms with Crippen LogP contribution in [0.1, 0.15) is 38.7 Å². The summed E-state index contributed by atoms with van der Waals surface area (Å²) in [5.74, 6) is -0.655. The zero-order chi connectivity index (χ0) is 22.6. The van der Waals surface area contributed by atoms with Crippen molar-refractivity contribution in [1.82, 2.24) is 0 Å². The van der Waals surface area contributed by atoms with E-state index in [9.17, 15) is 14.7 Å². The molecule has 0 bridgehead atoms. The number of rotatable bonds is 3. The summed E-state index contributed by atoms with van der Waals surface area (Å²) in [6.45, 7) is 6.54. The van der Waals surface area contributed by atoms with Crippen LogP contribution in [-0.4, -0.2) is 23.4 Å². The van der Waals surface area contributed by atoms with Crippen molar-refractivity contribution in [2.24, 2.45) is 0 Å². The SMILES string of the molecule is Cc1ccc(N2C(=O)C(=O)/C(=C(\O)c3ccc4c(c3)CCO4)C2c2sccc2C)cc1C. The summed E-state index contributed by atoms with van der Waals surface area (Å²) >= 11 is 1.48. The first kappa shape index (κ1) is 20.5. The van der Waals surface area contributed by atoms with E-state index >= 15 is 0 Å². The quantitative estimate of drug-likeness (QED) is 0.340. The molecule has 2 aliphatic rings. The van der Waals surface area contributed by atoms with E-state index in [2.05, 4.69) is 0 Å². The van der Waals surface area contributed by atoms with Crippen LogP contribution in [-0.2, 0) is 16.0 Å².